The molecule has 1 amide bonds. The largest absolute Gasteiger partial charge is 0.394 e. The van der Waals surface area contributed by atoms with Gasteiger partial charge in [-0.15, -0.1) is 0 Å². The fourth-order valence-corrected chi connectivity index (χ4v) is 1.81. The summed E-state index contributed by atoms with van der Waals surface area (Å²) >= 11 is 0. The zero-order chi connectivity index (χ0) is 11.8. The van der Waals surface area contributed by atoms with Crippen molar-refractivity contribution in [1.82, 2.24) is 9.88 Å². The van der Waals surface area contributed by atoms with Gasteiger partial charge in [0.05, 0.1) is 12.1 Å². The topological polar surface area (TPSA) is 54.3 Å². The number of aliphatic hydroxyl groups excluding tert-OH is 1. The van der Waals surface area contributed by atoms with Crippen molar-refractivity contribution in [3.05, 3.63) is 24.0 Å². The number of hydrogen-bond donors (Lipinski definition) is 2. The van der Waals surface area contributed by atoms with Gasteiger partial charge in [-0.3, -0.25) is 4.79 Å². The standard InChI is InChI=1S/C12H18N2O2/c1-9(2)14-7-3-4-10(14)11(16)13-12(8-15)5-6-12/h3-4,7,9,15H,5-6,8H2,1-2H3,(H,13,16). The molecular formula is C12H18N2O2. The van der Waals surface area contributed by atoms with E-state index < -0.39 is 0 Å². The van der Waals surface area contributed by atoms with Crippen molar-refractivity contribution < 1.29 is 9.90 Å². The predicted octanol–water partition coefficient (Wildman–Crippen LogP) is 1.32. The molecule has 4 heteroatoms. The SMILES string of the molecule is CC(C)n1cccc1C(=O)NC1(CO)CC1. The number of rotatable bonds is 4. The maximum absolute atomic E-state index is 12.0. The third kappa shape index (κ3) is 1.97. The summed E-state index contributed by atoms with van der Waals surface area (Å²) in [6.07, 6.45) is 3.65. The average Bonchev–Trinajstić information content (AvgIpc) is 2.83. The van der Waals surface area contributed by atoms with Crippen LogP contribution >= 0.6 is 0 Å². The maximum atomic E-state index is 12.0. The number of nitrogens with one attached hydrogen (secondary N) is 1. The van der Waals surface area contributed by atoms with Crippen LogP contribution in [-0.4, -0.2) is 27.7 Å². The monoisotopic (exact) mass is 222 g/mol. The maximum Gasteiger partial charge on any atom is 0.268 e. The number of aromatic nitrogens is 1. The second kappa shape index (κ2) is 3.94. The summed E-state index contributed by atoms with van der Waals surface area (Å²) in [4.78, 5) is 12.0. The molecular weight excluding hydrogens is 204 g/mol. The lowest BCUT2D eigenvalue weighted by Gasteiger charge is -2.17. The summed E-state index contributed by atoms with van der Waals surface area (Å²) in [5, 5.41) is 12.1. The van der Waals surface area contributed by atoms with E-state index in [4.69, 9.17) is 5.11 Å². The molecule has 2 N–H and O–H groups in total. The van der Waals surface area contributed by atoms with Gasteiger partial charge in [-0.1, -0.05) is 0 Å². The molecule has 0 saturated heterocycles. The number of aliphatic hydroxyl groups is 1. The first-order valence-electron chi connectivity index (χ1n) is 5.68. The molecule has 0 radical (unpaired) electrons. The molecule has 0 aromatic carbocycles. The molecule has 0 unspecified atom stereocenters. The minimum Gasteiger partial charge on any atom is -0.394 e. The average molecular weight is 222 g/mol. The first-order chi connectivity index (χ1) is 7.58. The van der Waals surface area contributed by atoms with Gasteiger partial charge in [-0.05, 0) is 38.8 Å². The van der Waals surface area contributed by atoms with Crippen LogP contribution in [0.5, 0.6) is 0 Å². The summed E-state index contributed by atoms with van der Waals surface area (Å²) in [5.41, 5.74) is 0.318. The first kappa shape index (κ1) is 11.2. The van der Waals surface area contributed by atoms with Crippen LogP contribution in [0.15, 0.2) is 18.3 Å². The Morgan fingerprint density at radius 3 is 2.81 bits per heavy atom. The number of carbonyl (C=O) groups excluding carboxylic acids is 1. The van der Waals surface area contributed by atoms with E-state index in [0.717, 1.165) is 12.8 Å². The van der Waals surface area contributed by atoms with E-state index in [9.17, 15) is 4.79 Å². The van der Waals surface area contributed by atoms with Gasteiger partial charge in [-0.25, -0.2) is 0 Å². The minimum atomic E-state index is -0.344. The Hall–Kier alpha value is -1.29. The highest BCUT2D eigenvalue weighted by Crippen LogP contribution is 2.34. The predicted molar refractivity (Wildman–Crippen MR) is 61.3 cm³/mol. The van der Waals surface area contributed by atoms with Crippen LogP contribution in [0, 0.1) is 0 Å². The Morgan fingerprint density at radius 2 is 2.31 bits per heavy atom. The summed E-state index contributed by atoms with van der Waals surface area (Å²) < 4.78 is 1.93. The van der Waals surface area contributed by atoms with Crippen molar-refractivity contribution in [2.45, 2.75) is 38.3 Å². The number of amides is 1. The zero-order valence-electron chi connectivity index (χ0n) is 9.73. The van der Waals surface area contributed by atoms with Gasteiger partial charge < -0.3 is 15.0 Å². The second-order valence-electron chi connectivity index (χ2n) is 4.79. The fourth-order valence-electron chi connectivity index (χ4n) is 1.81. The zero-order valence-corrected chi connectivity index (χ0v) is 9.73. The van der Waals surface area contributed by atoms with E-state index in [2.05, 4.69) is 5.32 Å². The lowest BCUT2D eigenvalue weighted by Crippen LogP contribution is -2.40. The Kier molecular flexibility index (Phi) is 2.76. The molecule has 4 nitrogen and oxygen atoms in total. The lowest BCUT2D eigenvalue weighted by molar-refractivity contribution is 0.0896. The van der Waals surface area contributed by atoms with Crippen LogP contribution in [0.4, 0.5) is 0 Å². The molecule has 1 saturated carbocycles. The summed E-state index contributed by atoms with van der Waals surface area (Å²) in [7, 11) is 0. The Balaban J connectivity index is 2.12. The summed E-state index contributed by atoms with van der Waals surface area (Å²) in [6.45, 7) is 4.10. The molecule has 1 aromatic heterocycles. The Bertz CT molecular complexity index is 391. The van der Waals surface area contributed by atoms with Gasteiger partial charge >= 0.3 is 0 Å². The van der Waals surface area contributed by atoms with Gasteiger partial charge in [-0.2, -0.15) is 0 Å². The summed E-state index contributed by atoms with van der Waals surface area (Å²) in [5.74, 6) is -0.0924. The Morgan fingerprint density at radius 1 is 1.62 bits per heavy atom. The van der Waals surface area contributed by atoms with Crippen molar-refractivity contribution >= 4 is 5.91 Å². The van der Waals surface area contributed by atoms with Crippen molar-refractivity contribution in [2.24, 2.45) is 0 Å². The van der Waals surface area contributed by atoms with Gasteiger partial charge in [0.2, 0.25) is 0 Å². The van der Waals surface area contributed by atoms with Crippen molar-refractivity contribution in [3.63, 3.8) is 0 Å². The molecule has 1 aliphatic rings. The molecule has 16 heavy (non-hydrogen) atoms. The van der Waals surface area contributed by atoms with Gasteiger partial charge in [0, 0.05) is 12.2 Å². The molecule has 1 aliphatic carbocycles. The lowest BCUT2D eigenvalue weighted by atomic mass is 10.2. The molecule has 0 atom stereocenters. The van der Waals surface area contributed by atoms with E-state index in [1.54, 1.807) is 0 Å². The highest BCUT2D eigenvalue weighted by molar-refractivity contribution is 5.93. The fraction of sp³-hybridized carbons (Fsp3) is 0.583. The molecule has 0 spiro atoms. The van der Waals surface area contributed by atoms with E-state index in [0.29, 0.717) is 5.69 Å². The Labute approximate surface area is 95.3 Å². The van der Waals surface area contributed by atoms with Crippen LogP contribution in [0.2, 0.25) is 0 Å². The molecule has 0 bridgehead atoms. The number of hydrogen-bond acceptors (Lipinski definition) is 2. The molecule has 1 heterocycles. The van der Waals surface area contributed by atoms with Gasteiger partial charge in [0.1, 0.15) is 5.69 Å². The normalized spacial score (nSPS) is 17.5. The first-order valence-corrected chi connectivity index (χ1v) is 5.68. The quantitative estimate of drug-likeness (QED) is 0.807. The van der Waals surface area contributed by atoms with E-state index in [-0.39, 0.29) is 24.1 Å². The molecule has 88 valence electrons. The van der Waals surface area contributed by atoms with Crippen LogP contribution in [0.3, 0.4) is 0 Å². The van der Waals surface area contributed by atoms with Crippen LogP contribution < -0.4 is 5.32 Å². The highest BCUT2D eigenvalue weighted by atomic mass is 16.3. The van der Waals surface area contributed by atoms with Crippen LogP contribution in [-0.2, 0) is 0 Å². The van der Waals surface area contributed by atoms with Crippen LogP contribution in [0.25, 0.3) is 0 Å². The van der Waals surface area contributed by atoms with Crippen molar-refractivity contribution in [3.8, 4) is 0 Å². The summed E-state index contributed by atoms with van der Waals surface area (Å²) in [6, 6.07) is 3.94. The third-order valence-corrected chi connectivity index (χ3v) is 3.10. The van der Waals surface area contributed by atoms with Crippen molar-refractivity contribution in [1.29, 1.82) is 0 Å². The third-order valence-electron chi connectivity index (χ3n) is 3.10. The minimum absolute atomic E-state index is 0.0289. The molecule has 0 aliphatic heterocycles. The van der Waals surface area contributed by atoms with Gasteiger partial charge in [0.15, 0.2) is 0 Å². The molecule has 2 rings (SSSR count). The second-order valence-corrected chi connectivity index (χ2v) is 4.79. The van der Waals surface area contributed by atoms with Gasteiger partial charge in [0.25, 0.3) is 5.91 Å². The number of nitrogens with zero attached hydrogens (tertiary/aromatic N) is 1. The van der Waals surface area contributed by atoms with E-state index in [1.807, 2.05) is 36.7 Å². The smallest absolute Gasteiger partial charge is 0.268 e. The van der Waals surface area contributed by atoms with Crippen LogP contribution in [0.1, 0.15) is 43.2 Å². The highest BCUT2D eigenvalue weighted by Gasteiger charge is 2.43. The molecule has 1 aromatic rings. The van der Waals surface area contributed by atoms with E-state index in [1.165, 1.54) is 0 Å². The molecule has 1 fully saturated rings. The van der Waals surface area contributed by atoms with E-state index >= 15 is 0 Å². The number of carbonyl (C=O) groups is 1. The van der Waals surface area contributed by atoms with Crippen molar-refractivity contribution in [2.75, 3.05) is 6.61 Å².